The smallest absolute Gasteiger partial charge is 0.226 e. The summed E-state index contributed by atoms with van der Waals surface area (Å²) < 4.78 is 5.87. The number of benzene rings is 1. The Morgan fingerprint density at radius 1 is 1.28 bits per heavy atom. The van der Waals surface area contributed by atoms with Gasteiger partial charge in [0.15, 0.2) is 0 Å². The molecule has 1 amide bonds. The number of halogens is 2. The van der Waals surface area contributed by atoms with E-state index >= 15 is 0 Å². The van der Waals surface area contributed by atoms with Crippen molar-refractivity contribution in [3.63, 3.8) is 0 Å². The molecule has 1 atom stereocenters. The molecule has 7 heteroatoms. The second-order valence-electron chi connectivity index (χ2n) is 5.92. The molecular weight excluding hydrogens is 361 g/mol. The van der Waals surface area contributed by atoms with Gasteiger partial charge in [-0.1, -0.05) is 26.0 Å². The fourth-order valence-electron chi connectivity index (χ4n) is 2.88. The van der Waals surface area contributed by atoms with Crippen LogP contribution in [0.4, 0.5) is 5.69 Å². The van der Waals surface area contributed by atoms with Gasteiger partial charge in [-0.25, -0.2) is 0 Å². The number of nitrogens with zero attached hydrogens (tertiary/aromatic N) is 1. The Kier molecular flexibility index (Phi) is 12.7. The first-order chi connectivity index (χ1) is 11.2. The fraction of sp³-hybridized carbons (Fsp3) is 0.611. The predicted molar refractivity (Wildman–Crippen MR) is 108 cm³/mol. The van der Waals surface area contributed by atoms with Crippen LogP contribution in [0.25, 0.3) is 0 Å². The SMILES string of the molecule is CCN(CC)CCOc1ccccc1NC(=O)CC1CCCN1.Cl.Cl. The molecule has 1 aliphatic heterocycles. The summed E-state index contributed by atoms with van der Waals surface area (Å²) in [7, 11) is 0. The summed E-state index contributed by atoms with van der Waals surface area (Å²) in [4.78, 5) is 14.5. The third kappa shape index (κ3) is 8.27. The average Bonchev–Trinajstić information content (AvgIpc) is 3.06. The third-order valence-corrected chi connectivity index (χ3v) is 4.31. The molecule has 25 heavy (non-hydrogen) atoms. The van der Waals surface area contributed by atoms with Crippen LogP contribution in [-0.4, -0.2) is 49.6 Å². The van der Waals surface area contributed by atoms with Gasteiger partial charge in [0.25, 0.3) is 0 Å². The lowest BCUT2D eigenvalue weighted by Crippen LogP contribution is -2.28. The molecule has 0 aromatic heterocycles. The number of rotatable bonds is 9. The number of nitrogens with one attached hydrogen (secondary N) is 2. The molecule has 1 aromatic carbocycles. The first-order valence-corrected chi connectivity index (χ1v) is 8.70. The molecule has 0 bridgehead atoms. The van der Waals surface area contributed by atoms with E-state index in [2.05, 4.69) is 29.4 Å². The molecule has 1 heterocycles. The molecule has 0 aliphatic carbocycles. The molecule has 2 N–H and O–H groups in total. The maximum absolute atomic E-state index is 12.2. The van der Waals surface area contributed by atoms with Gasteiger partial charge >= 0.3 is 0 Å². The number of amides is 1. The van der Waals surface area contributed by atoms with E-state index in [1.165, 1.54) is 0 Å². The minimum atomic E-state index is 0. The van der Waals surface area contributed by atoms with Crippen molar-refractivity contribution in [1.82, 2.24) is 10.2 Å². The quantitative estimate of drug-likeness (QED) is 0.677. The summed E-state index contributed by atoms with van der Waals surface area (Å²) in [6, 6.07) is 7.96. The number of anilines is 1. The van der Waals surface area contributed by atoms with Gasteiger partial charge in [-0.2, -0.15) is 0 Å². The third-order valence-electron chi connectivity index (χ3n) is 4.31. The van der Waals surface area contributed by atoms with Gasteiger partial charge in [-0.3, -0.25) is 4.79 Å². The lowest BCUT2D eigenvalue weighted by atomic mass is 10.1. The van der Waals surface area contributed by atoms with Crippen LogP contribution in [-0.2, 0) is 4.79 Å². The second kappa shape index (κ2) is 13.2. The topological polar surface area (TPSA) is 53.6 Å². The summed E-state index contributed by atoms with van der Waals surface area (Å²) >= 11 is 0. The Labute approximate surface area is 163 Å². The number of hydrogen-bond donors (Lipinski definition) is 2. The molecule has 1 aromatic rings. The van der Waals surface area contributed by atoms with E-state index in [0.29, 0.717) is 19.1 Å². The van der Waals surface area contributed by atoms with Crippen LogP contribution in [0.3, 0.4) is 0 Å². The molecule has 0 saturated carbocycles. The van der Waals surface area contributed by atoms with Crippen molar-refractivity contribution in [1.29, 1.82) is 0 Å². The van der Waals surface area contributed by atoms with Gasteiger partial charge in [0, 0.05) is 19.0 Å². The fourth-order valence-corrected chi connectivity index (χ4v) is 2.88. The van der Waals surface area contributed by atoms with Crippen molar-refractivity contribution in [2.24, 2.45) is 0 Å². The molecule has 0 spiro atoms. The zero-order valence-electron chi connectivity index (χ0n) is 15.1. The number of likely N-dealkylation sites (N-methyl/N-ethyl adjacent to an activating group) is 1. The van der Waals surface area contributed by atoms with Gasteiger partial charge in [0.1, 0.15) is 12.4 Å². The van der Waals surface area contributed by atoms with Crippen molar-refractivity contribution >= 4 is 36.4 Å². The Balaban J connectivity index is 0.00000288. The molecule has 5 nitrogen and oxygen atoms in total. The minimum Gasteiger partial charge on any atom is -0.490 e. The van der Waals surface area contributed by atoms with E-state index in [9.17, 15) is 4.79 Å². The number of carbonyl (C=O) groups excluding carboxylic acids is 1. The standard InChI is InChI=1S/C18H29N3O2.2ClH/c1-3-21(4-2)12-13-23-17-10-6-5-9-16(17)20-18(22)14-15-8-7-11-19-15;;/h5-6,9-10,15,19H,3-4,7-8,11-14H2,1-2H3,(H,20,22);2*1H. The Morgan fingerprint density at radius 3 is 2.64 bits per heavy atom. The summed E-state index contributed by atoms with van der Waals surface area (Å²) in [5.41, 5.74) is 0.759. The maximum atomic E-state index is 12.2. The number of ether oxygens (including phenoxy) is 1. The van der Waals surface area contributed by atoms with Crippen LogP contribution in [0.15, 0.2) is 24.3 Å². The van der Waals surface area contributed by atoms with E-state index < -0.39 is 0 Å². The normalized spacial score (nSPS) is 16.0. The van der Waals surface area contributed by atoms with E-state index in [1.54, 1.807) is 0 Å². The molecule has 1 unspecified atom stereocenters. The van der Waals surface area contributed by atoms with E-state index in [-0.39, 0.29) is 30.7 Å². The Bertz CT molecular complexity index is 493. The van der Waals surface area contributed by atoms with Gasteiger partial charge < -0.3 is 20.3 Å². The molecular formula is C18H31Cl2N3O2. The van der Waals surface area contributed by atoms with Gasteiger partial charge in [-0.05, 0) is 44.6 Å². The van der Waals surface area contributed by atoms with E-state index in [4.69, 9.17) is 4.74 Å². The van der Waals surface area contributed by atoms with Crippen LogP contribution >= 0.6 is 24.8 Å². The van der Waals surface area contributed by atoms with Crippen LogP contribution in [0.5, 0.6) is 5.75 Å². The average molecular weight is 392 g/mol. The first kappa shape index (κ1) is 24.0. The number of hydrogen-bond acceptors (Lipinski definition) is 4. The highest BCUT2D eigenvalue weighted by atomic mass is 35.5. The van der Waals surface area contributed by atoms with E-state index in [1.807, 2.05) is 24.3 Å². The summed E-state index contributed by atoms with van der Waals surface area (Å²) in [6.07, 6.45) is 2.76. The molecule has 2 rings (SSSR count). The molecule has 1 aliphatic rings. The van der Waals surface area contributed by atoms with Gasteiger partial charge in [-0.15, -0.1) is 24.8 Å². The highest BCUT2D eigenvalue weighted by molar-refractivity contribution is 5.92. The Hall–Kier alpha value is -1.01. The van der Waals surface area contributed by atoms with Crippen molar-refractivity contribution in [2.45, 2.75) is 39.2 Å². The summed E-state index contributed by atoms with van der Waals surface area (Å²) in [5, 5.41) is 6.34. The zero-order valence-corrected chi connectivity index (χ0v) is 16.8. The first-order valence-electron chi connectivity index (χ1n) is 8.70. The van der Waals surface area contributed by atoms with Gasteiger partial charge in [0.2, 0.25) is 5.91 Å². The Morgan fingerprint density at radius 2 is 2.00 bits per heavy atom. The van der Waals surface area contributed by atoms with Crippen molar-refractivity contribution < 1.29 is 9.53 Å². The van der Waals surface area contributed by atoms with Crippen LogP contribution in [0.2, 0.25) is 0 Å². The van der Waals surface area contributed by atoms with Crippen LogP contribution in [0.1, 0.15) is 33.1 Å². The van der Waals surface area contributed by atoms with Crippen molar-refractivity contribution in [3.8, 4) is 5.75 Å². The van der Waals surface area contributed by atoms with Crippen molar-refractivity contribution in [3.05, 3.63) is 24.3 Å². The zero-order chi connectivity index (χ0) is 16.5. The molecule has 1 saturated heterocycles. The predicted octanol–water partition coefficient (Wildman–Crippen LogP) is 3.33. The monoisotopic (exact) mass is 391 g/mol. The van der Waals surface area contributed by atoms with Gasteiger partial charge in [0.05, 0.1) is 5.69 Å². The van der Waals surface area contributed by atoms with Crippen LogP contribution in [0, 0.1) is 0 Å². The second-order valence-corrected chi connectivity index (χ2v) is 5.92. The highest BCUT2D eigenvalue weighted by Crippen LogP contribution is 2.24. The number of carbonyl (C=O) groups is 1. The largest absolute Gasteiger partial charge is 0.490 e. The molecule has 0 radical (unpaired) electrons. The lowest BCUT2D eigenvalue weighted by Gasteiger charge is -2.19. The molecule has 1 fully saturated rings. The van der Waals surface area contributed by atoms with E-state index in [0.717, 1.165) is 50.5 Å². The lowest BCUT2D eigenvalue weighted by molar-refractivity contribution is -0.116. The van der Waals surface area contributed by atoms with Crippen molar-refractivity contribution in [2.75, 3.05) is 38.1 Å². The number of para-hydroxylation sites is 2. The summed E-state index contributed by atoms with van der Waals surface area (Å²) in [5.74, 6) is 0.789. The van der Waals surface area contributed by atoms with Crippen LogP contribution < -0.4 is 15.4 Å². The minimum absolute atomic E-state index is 0. The highest BCUT2D eigenvalue weighted by Gasteiger charge is 2.18. The molecule has 144 valence electrons. The summed E-state index contributed by atoms with van der Waals surface area (Å²) in [6.45, 7) is 8.87. The maximum Gasteiger partial charge on any atom is 0.226 e.